The molecule has 4 aromatic rings. The zero-order valence-corrected chi connectivity index (χ0v) is 16.0. The van der Waals surface area contributed by atoms with E-state index in [9.17, 15) is 4.39 Å². The minimum atomic E-state index is -0.260. The summed E-state index contributed by atoms with van der Waals surface area (Å²) in [6.07, 6.45) is 0. The van der Waals surface area contributed by atoms with E-state index in [0.29, 0.717) is 0 Å². The third-order valence-corrected chi connectivity index (χ3v) is 4.71. The highest BCUT2D eigenvalue weighted by Gasteiger charge is 2.12. The van der Waals surface area contributed by atoms with Crippen LogP contribution in [0.3, 0.4) is 0 Å². The molecule has 3 aromatic carbocycles. The summed E-state index contributed by atoms with van der Waals surface area (Å²) in [5, 5.41) is 1.92. The van der Waals surface area contributed by atoms with E-state index in [1.807, 2.05) is 36.4 Å². The lowest BCUT2D eigenvalue weighted by atomic mass is 10.0. The molecule has 1 heterocycles. The number of rotatable bonds is 3. The van der Waals surface area contributed by atoms with Gasteiger partial charge in [-0.25, -0.2) is 9.38 Å². The van der Waals surface area contributed by atoms with E-state index in [1.165, 1.54) is 12.1 Å². The first-order valence-electron chi connectivity index (χ1n) is 9.08. The van der Waals surface area contributed by atoms with E-state index in [-0.39, 0.29) is 5.82 Å². The molecule has 4 rings (SSSR count). The molecule has 0 radical (unpaired) electrons. The topological polar surface area (TPSA) is 36.3 Å². The molecule has 0 bridgehead atoms. The Kier molecular flexibility index (Phi) is 4.70. The lowest BCUT2D eigenvalue weighted by Gasteiger charge is -2.07. The quantitative estimate of drug-likeness (QED) is 0.584. The van der Waals surface area contributed by atoms with Crippen molar-refractivity contribution in [1.29, 1.82) is 0 Å². The number of ether oxygens (including phenoxy) is 1. The maximum absolute atomic E-state index is 13.3. The molecule has 0 aliphatic rings. The molecule has 0 atom stereocenters. The molecule has 1 aromatic heterocycles. The van der Waals surface area contributed by atoms with Crippen LogP contribution in [-0.4, -0.2) is 7.11 Å². The van der Waals surface area contributed by atoms with Crippen LogP contribution in [0.4, 0.5) is 10.1 Å². The number of fused-ring (bicyclic) bond motifs is 1. The summed E-state index contributed by atoms with van der Waals surface area (Å²) >= 11 is 0. The number of halogens is 1. The fraction of sp³-hybridized carbons (Fsp3) is 0.125. The summed E-state index contributed by atoms with van der Waals surface area (Å²) in [6.45, 7) is 4.11. The van der Waals surface area contributed by atoms with Crippen molar-refractivity contribution >= 4 is 16.7 Å². The first-order chi connectivity index (χ1) is 13.5. The highest BCUT2D eigenvalue weighted by molar-refractivity contribution is 5.82. The standard InChI is InChI=1S/C24H20FNO2/c1-15-12-16(2)24-21(26-19-8-6-18(25)7-9-19)14-22(28-23(24)13-15)17-4-10-20(27-3)11-5-17/h4-14H,1-3H3/p+1. The van der Waals surface area contributed by atoms with Crippen LogP contribution in [0.15, 0.2) is 71.1 Å². The van der Waals surface area contributed by atoms with Gasteiger partial charge in [-0.1, -0.05) is 6.07 Å². The second-order valence-corrected chi connectivity index (χ2v) is 6.84. The maximum Gasteiger partial charge on any atom is 0.219 e. The van der Waals surface area contributed by atoms with Crippen molar-refractivity contribution in [3.63, 3.8) is 0 Å². The predicted molar refractivity (Wildman–Crippen MR) is 108 cm³/mol. The SMILES string of the molecule is COc1ccc(-c2cc(=[NH+]c3ccc(F)cc3)c3c(C)cc(C)cc3o2)cc1. The minimum absolute atomic E-state index is 0.260. The van der Waals surface area contributed by atoms with Crippen LogP contribution in [0.2, 0.25) is 0 Å². The lowest BCUT2D eigenvalue weighted by molar-refractivity contribution is -0.401. The van der Waals surface area contributed by atoms with Gasteiger partial charge in [0.2, 0.25) is 11.0 Å². The van der Waals surface area contributed by atoms with Crippen molar-refractivity contribution in [1.82, 2.24) is 0 Å². The summed E-state index contributed by atoms with van der Waals surface area (Å²) in [5.41, 5.74) is 4.81. The summed E-state index contributed by atoms with van der Waals surface area (Å²) in [4.78, 5) is 3.42. The fourth-order valence-corrected chi connectivity index (χ4v) is 3.39. The van der Waals surface area contributed by atoms with Crippen molar-refractivity contribution in [2.75, 3.05) is 7.11 Å². The maximum atomic E-state index is 13.3. The van der Waals surface area contributed by atoms with Crippen molar-refractivity contribution in [2.24, 2.45) is 0 Å². The number of hydrogen-bond donors (Lipinski definition) is 1. The van der Waals surface area contributed by atoms with Crippen LogP contribution in [0.25, 0.3) is 22.3 Å². The van der Waals surface area contributed by atoms with Crippen molar-refractivity contribution in [2.45, 2.75) is 13.8 Å². The highest BCUT2D eigenvalue weighted by atomic mass is 19.1. The van der Waals surface area contributed by atoms with Crippen LogP contribution in [-0.2, 0) is 0 Å². The molecular weight excluding hydrogens is 353 g/mol. The molecule has 140 valence electrons. The van der Waals surface area contributed by atoms with Gasteiger partial charge in [0, 0.05) is 17.7 Å². The van der Waals surface area contributed by atoms with E-state index >= 15 is 0 Å². The third kappa shape index (κ3) is 3.54. The second kappa shape index (κ2) is 7.31. The Labute approximate surface area is 162 Å². The summed E-state index contributed by atoms with van der Waals surface area (Å²) in [5.74, 6) is 1.27. The van der Waals surface area contributed by atoms with E-state index in [2.05, 4.69) is 24.9 Å². The molecule has 3 nitrogen and oxygen atoms in total. The van der Waals surface area contributed by atoms with Crippen LogP contribution >= 0.6 is 0 Å². The highest BCUT2D eigenvalue weighted by Crippen LogP contribution is 2.26. The van der Waals surface area contributed by atoms with Gasteiger partial charge in [0.25, 0.3) is 0 Å². The summed E-state index contributed by atoms with van der Waals surface area (Å²) < 4.78 is 24.8. The predicted octanol–water partition coefficient (Wildman–Crippen LogP) is 4.18. The van der Waals surface area contributed by atoms with Gasteiger partial charge >= 0.3 is 0 Å². The van der Waals surface area contributed by atoms with Crippen molar-refractivity contribution in [3.8, 4) is 17.1 Å². The Bertz CT molecular complexity index is 1210. The Morgan fingerprint density at radius 2 is 1.61 bits per heavy atom. The van der Waals surface area contributed by atoms with Gasteiger partial charge in [0.05, 0.1) is 18.6 Å². The molecular formula is C24H21FNO2+. The van der Waals surface area contributed by atoms with Crippen LogP contribution < -0.4 is 15.1 Å². The molecule has 0 saturated carbocycles. The van der Waals surface area contributed by atoms with Gasteiger partial charge in [-0.15, -0.1) is 0 Å². The number of methoxy groups -OCH3 is 1. The molecule has 28 heavy (non-hydrogen) atoms. The lowest BCUT2D eigenvalue weighted by Crippen LogP contribution is -2.70. The Morgan fingerprint density at radius 3 is 2.29 bits per heavy atom. The summed E-state index contributed by atoms with van der Waals surface area (Å²) in [6, 6.07) is 20.2. The van der Waals surface area contributed by atoms with Crippen LogP contribution in [0.1, 0.15) is 11.1 Å². The molecule has 4 heteroatoms. The zero-order valence-electron chi connectivity index (χ0n) is 16.0. The van der Waals surface area contributed by atoms with Crippen molar-refractivity contribution in [3.05, 3.63) is 89.0 Å². The average Bonchev–Trinajstić information content (AvgIpc) is 2.69. The molecule has 0 fully saturated rings. The average molecular weight is 374 g/mol. The van der Waals surface area contributed by atoms with E-state index in [1.54, 1.807) is 19.2 Å². The minimum Gasteiger partial charge on any atom is -0.497 e. The number of benzene rings is 3. The van der Waals surface area contributed by atoms with E-state index in [0.717, 1.165) is 50.2 Å². The molecule has 0 unspecified atom stereocenters. The molecule has 0 spiro atoms. The zero-order chi connectivity index (χ0) is 19.7. The van der Waals surface area contributed by atoms with Gasteiger partial charge in [-0.2, -0.15) is 0 Å². The largest absolute Gasteiger partial charge is 0.497 e. The van der Waals surface area contributed by atoms with E-state index in [4.69, 9.17) is 9.15 Å². The molecule has 0 amide bonds. The monoisotopic (exact) mass is 374 g/mol. The molecule has 0 aliphatic heterocycles. The van der Waals surface area contributed by atoms with Gasteiger partial charge in [0.1, 0.15) is 22.9 Å². The van der Waals surface area contributed by atoms with Crippen molar-refractivity contribution < 1.29 is 18.5 Å². The Hall–Kier alpha value is -3.40. The Balaban J connectivity index is 1.99. The second-order valence-electron chi connectivity index (χ2n) is 6.84. The molecule has 0 saturated heterocycles. The van der Waals surface area contributed by atoms with Crippen LogP contribution in [0, 0.1) is 19.7 Å². The van der Waals surface area contributed by atoms with Gasteiger partial charge in [0.15, 0.2) is 0 Å². The smallest absolute Gasteiger partial charge is 0.219 e. The van der Waals surface area contributed by atoms with Gasteiger partial charge in [-0.3, -0.25) is 0 Å². The third-order valence-electron chi connectivity index (χ3n) is 4.71. The first kappa shape index (κ1) is 18.0. The van der Waals surface area contributed by atoms with E-state index < -0.39 is 0 Å². The Morgan fingerprint density at radius 1 is 0.893 bits per heavy atom. The summed E-state index contributed by atoms with van der Waals surface area (Å²) in [7, 11) is 1.64. The van der Waals surface area contributed by atoms with Gasteiger partial charge in [-0.05, 0) is 67.4 Å². The molecule has 1 N–H and O–H groups in total. The first-order valence-corrected chi connectivity index (χ1v) is 9.08. The number of aryl methyl sites for hydroxylation is 2. The normalized spacial score (nSPS) is 11.8. The fourth-order valence-electron chi connectivity index (χ4n) is 3.39. The van der Waals surface area contributed by atoms with Gasteiger partial charge < -0.3 is 9.15 Å². The number of hydrogen-bond acceptors (Lipinski definition) is 2. The number of nitrogens with one attached hydrogen (secondary N) is 1. The van der Waals surface area contributed by atoms with Crippen LogP contribution in [0.5, 0.6) is 5.75 Å². The molecule has 0 aliphatic carbocycles.